The van der Waals surface area contributed by atoms with Crippen LogP contribution in [0.1, 0.15) is 25.7 Å². The lowest BCUT2D eigenvalue weighted by atomic mass is 10.6. The van der Waals surface area contributed by atoms with E-state index in [2.05, 4.69) is 0 Å². The fraction of sp³-hybridized carbons (Fsp3) is 1.00. The molecule has 0 aromatic carbocycles. The summed E-state index contributed by atoms with van der Waals surface area (Å²) in [4.78, 5) is 0. The zero-order chi connectivity index (χ0) is 7.14. The minimum absolute atomic E-state index is 0.383. The van der Waals surface area contributed by atoms with Crippen molar-refractivity contribution in [2.45, 2.75) is 37.8 Å². The highest BCUT2D eigenvalue weighted by atomic mass is 32.2. The molecule has 0 bridgehead atoms. The maximum atomic E-state index is 10.6. The molecular formula is C6H11NO2S. The molecule has 0 radical (unpaired) electrons. The summed E-state index contributed by atoms with van der Waals surface area (Å²) in [5.74, 6) is 0. The van der Waals surface area contributed by atoms with Gasteiger partial charge in [-0.3, -0.25) is 0 Å². The summed E-state index contributed by atoms with van der Waals surface area (Å²) in [5, 5.41) is 0. The van der Waals surface area contributed by atoms with E-state index in [1.54, 1.807) is 4.31 Å². The van der Waals surface area contributed by atoms with Crippen LogP contribution in [0.5, 0.6) is 0 Å². The van der Waals surface area contributed by atoms with Crippen molar-refractivity contribution >= 4 is 10.9 Å². The minimum Gasteiger partial charge on any atom is -0.215 e. The van der Waals surface area contributed by atoms with Crippen LogP contribution in [0.25, 0.3) is 0 Å². The van der Waals surface area contributed by atoms with Crippen LogP contribution in [-0.2, 0) is 10.9 Å². The molecule has 0 aromatic rings. The first-order valence-electron chi connectivity index (χ1n) is 3.71. The molecule has 0 atom stereocenters. The molecule has 10 heavy (non-hydrogen) atoms. The van der Waals surface area contributed by atoms with Crippen molar-refractivity contribution in [2.75, 3.05) is 0 Å². The van der Waals surface area contributed by atoms with Gasteiger partial charge in [0.2, 0.25) is 10.9 Å². The summed E-state index contributed by atoms with van der Waals surface area (Å²) >= 11 is 0. The van der Waals surface area contributed by atoms with Crippen molar-refractivity contribution in [3.63, 3.8) is 0 Å². The summed E-state index contributed by atoms with van der Waals surface area (Å²) in [7, 11) is -2.28. The second-order valence-corrected chi connectivity index (χ2v) is 4.02. The first-order chi connectivity index (χ1) is 4.79. The fourth-order valence-electron chi connectivity index (χ4n) is 1.24. The molecule has 0 saturated heterocycles. The van der Waals surface area contributed by atoms with Crippen LogP contribution in [0.2, 0.25) is 0 Å². The molecule has 2 aliphatic carbocycles. The van der Waals surface area contributed by atoms with Gasteiger partial charge in [0.05, 0.1) is 0 Å². The normalized spacial score (nSPS) is 26.2. The first kappa shape index (κ1) is 6.61. The second kappa shape index (κ2) is 2.20. The Kier molecular flexibility index (Phi) is 1.46. The minimum atomic E-state index is -2.28. The summed E-state index contributed by atoms with van der Waals surface area (Å²) < 4.78 is 22.9. The summed E-state index contributed by atoms with van der Waals surface area (Å²) in [6.07, 6.45) is 4.33. The molecule has 2 fully saturated rings. The van der Waals surface area contributed by atoms with Gasteiger partial charge in [0.25, 0.3) is 0 Å². The van der Waals surface area contributed by atoms with Gasteiger partial charge in [-0.2, -0.15) is 4.31 Å². The van der Waals surface area contributed by atoms with Crippen LogP contribution in [0.3, 0.4) is 0 Å². The van der Waals surface area contributed by atoms with E-state index in [4.69, 9.17) is 0 Å². The Morgan fingerprint density at radius 3 is 1.60 bits per heavy atom. The maximum Gasteiger partial charge on any atom is 0.204 e. The summed E-state index contributed by atoms with van der Waals surface area (Å²) in [6, 6.07) is 0.766. The van der Waals surface area contributed by atoms with Gasteiger partial charge < -0.3 is 0 Å². The Morgan fingerprint density at radius 2 is 1.40 bits per heavy atom. The standard InChI is InChI=1S/C6H11NO2S/c8-10(9)7(5-1-2-5)6-3-4-6/h5-6,10H,1-4H2. The third kappa shape index (κ3) is 1.18. The number of hydrogen-bond acceptors (Lipinski definition) is 2. The van der Waals surface area contributed by atoms with E-state index in [1.165, 1.54) is 0 Å². The van der Waals surface area contributed by atoms with E-state index in [0.717, 1.165) is 25.7 Å². The molecule has 4 heteroatoms. The molecule has 2 saturated carbocycles. The maximum absolute atomic E-state index is 10.6. The Hall–Kier alpha value is -0.0900. The SMILES string of the molecule is O=[SH](=O)N(C1CC1)C1CC1. The molecule has 3 nitrogen and oxygen atoms in total. The number of thiol groups is 1. The predicted molar refractivity (Wildman–Crippen MR) is 38.2 cm³/mol. The van der Waals surface area contributed by atoms with Gasteiger partial charge in [0.15, 0.2) is 0 Å². The largest absolute Gasteiger partial charge is 0.215 e. The van der Waals surface area contributed by atoms with E-state index >= 15 is 0 Å². The van der Waals surface area contributed by atoms with Gasteiger partial charge in [-0.1, -0.05) is 0 Å². The van der Waals surface area contributed by atoms with Crippen LogP contribution in [0, 0.1) is 0 Å². The average molecular weight is 161 g/mol. The molecule has 2 aliphatic rings. The van der Waals surface area contributed by atoms with Crippen LogP contribution in [0.4, 0.5) is 0 Å². The lowest BCUT2D eigenvalue weighted by Gasteiger charge is -2.11. The Morgan fingerprint density at radius 1 is 1.00 bits per heavy atom. The van der Waals surface area contributed by atoms with Crippen LogP contribution in [-0.4, -0.2) is 24.8 Å². The molecule has 0 heterocycles. The molecular weight excluding hydrogens is 150 g/mol. The van der Waals surface area contributed by atoms with E-state index in [0.29, 0.717) is 12.1 Å². The number of rotatable bonds is 3. The highest BCUT2D eigenvalue weighted by Gasteiger charge is 2.40. The van der Waals surface area contributed by atoms with Crippen LogP contribution < -0.4 is 0 Å². The third-order valence-corrected chi connectivity index (χ3v) is 3.06. The molecule has 0 unspecified atom stereocenters. The monoisotopic (exact) mass is 161 g/mol. The average Bonchev–Trinajstić information content (AvgIpc) is 2.49. The van der Waals surface area contributed by atoms with Crippen molar-refractivity contribution in [1.82, 2.24) is 4.31 Å². The first-order valence-corrected chi connectivity index (χ1v) is 4.84. The summed E-state index contributed by atoms with van der Waals surface area (Å²) in [5.41, 5.74) is 0. The molecule has 2 rings (SSSR count). The van der Waals surface area contributed by atoms with Gasteiger partial charge in [-0.15, -0.1) is 0 Å². The van der Waals surface area contributed by atoms with Gasteiger partial charge in [-0.25, -0.2) is 8.42 Å². The second-order valence-electron chi connectivity index (χ2n) is 3.08. The third-order valence-electron chi connectivity index (χ3n) is 2.03. The van der Waals surface area contributed by atoms with Gasteiger partial charge >= 0.3 is 0 Å². The van der Waals surface area contributed by atoms with Gasteiger partial charge in [0.1, 0.15) is 0 Å². The van der Waals surface area contributed by atoms with E-state index in [9.17, 15) is 8.42 Å². The lowest BCUT2D eigenvalue weighted by Crippen LogP contribution is -2.26. The smallest absolute Gasteiger partial charge is 0.204 e. The highest BCUT2D eigenvalue weighted by molar-refractivity contribution is 7.69. The van der Waals surface area contributed by atoms with Crippen molar-refractivity contribution < 1.29 is 8.42 Å². The molecule has 0 aromatic heterocycles. The van der Waals surface area contributed by atoms with E-state index < -0.39 is 10.9 Å². The zero-order valence-corrected chi connectivity index (χ0v) is 6.59. The molecule has 0 aliphatic heterocycles. The lowest BCUT2D eigenvalue weighted by molar-refractivity contribution is 0.411. The topological polar surface area (TPSA) is 37.4 Å². The Bertz CT molecular complexity index is 186. The molecule has 58 valence electrons. The quantitative estimate of drug-likeness (QED) is 0.598. The highest BCUT2D eigenvalue weighted by Crippen LogP contribution is 2.36. The number of hydrogen-bond donors (Lipinski definition) is 1. The van der Waals surface area contributed by atoms with Crippen LogP contribution in [0.15, 0.2) is 0 Å². The Labute approximate surface area is 62.1 Å². The molecule has 0 amide bonds. The van der Waals surface area contributed by atoms with Crippen molar-refractivity contribution in [1.29, 1.82) is 0 Å². The van der Waals surface area contributed by atoms with Gasteiger partial charge in [0, 0.05) is 12.1 Å². The predicted octanol–water partition coefficient (Wildman–Crippen LogP) is 0.140. The number of nitrogens with zero attached hydrogens (tertiary/aromatic N) is 1. The fourth-order valence-corrected chi connectivity index (χ4v) is 2.24. The molecule has 0 spiro atoms. The zero-order valence-electron chi connectivity index (χ0n) is 5.69. The van der Waals surface area contributed by atoms with Crippen molar-refractivity contribution in [2.24, 2.45) is 0 Å². The van der Waals surface area contributed by atoms with E-state index in [-0.39, 0.29) is 0 Å². The Balaban J connectivity index is 2.05. The van der Waals surface area contributed by atoms with Gasteiger partial charge in [-0.05, 0) is 25.7 Å². The van der Waals surface area contributed by atoms with Crippen molar-refractivity contribution in [3.8, 4) is 0 Å². The van der Waals surface area contributed by atoms with Crippen LogP contribution >= 0.6 is 0 Å². The van der Waals surface area contributed by atoms with Crippen molar-refractivity contribution in [3.05, 3.63) is 0 Å². The molecule has 0 N–H and O–H groups in total. The van der Waals surface area contributed by atoms with E-state index in [1.807, 2.05) is 0 Å². The summed E-state index contributed by atoms with van der Waals surface area (Å²) in [6.45, 7) is 0.